The lowest BCUT2D eigenvalue weighted by Gasteiger charge is -1.99. The summed E-state index contributed by atoms with van der Waals surface area (Å²) in [6.07, 6.45) is 3.98. The van der Waals surface area contributed by atoms with E-state index in [9.17, 15) is 0 Å². The first-order valence-corrected chi connectivity index (χ1v) is 6.42. The van der Waals surface area contributed by atoms with E-state index in [2.05, 4.69) is 11.3 Å². The predicted molar refractivity (Wildman–Crippen MR) is 68.8 cm³/mol. The Kier molecular flexibility index (Phi) is 4.02. The van der Waals surface area contributed by atoms with Crippen molar-refractivity contribution >= 4 is 11.8 Å². The molecule has 2 rings (SSSR count). The second-order valence-electron chi connectivity index (χ2n) is 3.47. The van der Waals surface area contributed by atoms with Crippen LogP contribution in [0.2, 0.25) is 0 Å². The molecule has 0 atom stereocenters. The molecule has 0 unspecified atom stereocenters. The van der Waals surface area contributed by atoms with Crippen LogP contribution < -0.4 is 5.73 Å². The van der Waals surface area contributed by atoms with Gasteiger partial charge in [0.1, 0.15) is 0 Å². The smallest absolute Gasteiger partial charge is 0.0645 e. The molecular weight excluding hydrogens is 218 g/mol. The van der Waals surface area contributed by atoms with E-state index in [1.165, 1.54) is 5.56 Å². The Labute approximate surface area is 99.7 Å². The Morgan fingerprint density at radius 3 is 2.81 bits per heavy atom. The maximum atomic E-state index is 5.45. The highest BCUT2D eigenvalue weighted by Gasteiger charge is 2.00. The molecule has 0 bridgehead atoms. The fourth-order valence-electron chi connectivity index (χ4n) is 1.43. The molecule has 0 spiro atoms. The second-order valence-corrected chi connectivity index (χ2v) is 4.58. The van der Waals surface area contributed by atoms with Crippen molar-refractivity contribution < 1.29 is 0 Å². The zero-order valence-electron chi connectivity index (χ0n) is 9.04. The molecule has 0 fully saturated rings. The molecule has 0 aliphatic carbocycles. The Balaban J connectivity index is 2.02. The number of hydrogen-bond donors (Lipinski definition) is 1. The van der Waals surface area contributed by atoms with E-state index in [0.29, 0.717) is 0 Å². The standard InChI is InChI=1S/C12H15N3S/c13-6-7-16-10-11-8-14-15(9-11)12-4-2-1-3-5-12/h1-5,8-9H,6-7,10,13H2. The molecule has 3 nitrogen and oxygen atoms in total. The van der Waals surface area contributed by atoms with E-state index in [4.69, 9.17) is 5.73 Å². The molecule has 0 saturated heterocycles. The molecule has 1 aromatic carbocycles. The molecule has 0 saturated carbocycles. The fraction of sp³-hybridized carbons (Fsp3) is 0.250. The van der Waals surface area contributed by atoms with Gasteiger partial charge in [-0.15, -0.1) is 0 Å². The highest BCUT2D eigenvalue weighted by atomic mass is 32.2. The van der Waals surface area contributed by atoms with Gasteiger partial charge in [0, 0.05) is 29.8 Å². The van der Waals surface area contributed by atoms with Gasteiger partial charge in [-0.3, -0.25) is 0 Å². The molecule has 16 heavy (non-hydrogen) atoms. The highest BCUT2D eigenvalue weighted by Crippen LogP contribution is 2.13. The van der Waals surface area contributed by atoms with Crippen molar-refractivity contribution in [2.75, 3.05) is 12.3 Å². The molecule has 0 radical (unpaired) electrons. The zero-order chi connectivity index (χ0) is 11.2. The molecule has 0 aliphatic rings. The van der Waals surface area contributed by atoms with Gasteiger partial charge < -0.3 is 5.73 Å². The third-order valence-electron chi connectivity index (χ3n) is 2.19. The summed E-state index contributed by atoms with van der Waals surface area (Å²) in [5.41, 5.74) is 7.78. The fourth-order valence-corrected chi connectivity index (χ4v) is 2.13. The van der Waals surface area contributed by atoms with Gasteiger partial charge >= 0.3 is 0 Å². The molecule has 0 amide bonds. The summed E-state index contributed by atoms with van der Waals surface area (Å²) in [6, 6.07) is 10.1. The van der Waals surface area contributed by atoms with Gasteiger partial charge in [-0.25, -0.2) is 4.68 Å². The van der Waals surface area contributed by atoms with Crippen LogP contribution in [0.15, 0.2) is 42.7 Å². The SMILES string of the molecule is NCCSCc1cnn(-c2ccccc2)c1. The second kappa shape index (κ2) is 5.72. The van der Waals surface area contributed by atoms with Crippen LogP contribution in [0.3, 0.4) is 0 Å². The van der Waals surface area contributed by atoms with E-state index in [-0.39, 0.29) is 0 Å². The normalized spacial score (nSPS) is 10.6. The van der Waals surface area contributed by atoms with Gasteiger partial charge in [0.05, 0.1) is 11.9 Å². The molecule has 2 aromatic rings. The molecule has 1 aromatic heterocycles. The van der Waals surface area contributed by atoms with Crippen molar-refractivity contribution in [1.82, 2.24) is 9.78 Å². The lowest BCUT2D eigenvalue weighted by atomic mass is 10.3. The molecule has 0 aliphatic heterocycles. The van der Waals surface area contributed by atoms with Crippen molar-refractivity contribution in [3.05, 3.63) is 48.3 Å². The van der Waals surface area contributed by atoms with Crippen molar-refractivity contribution in [3.63, 3.8) is 0 Å². The number of nitrogens with zero attached hydrogens (tertiary/aromatic N) is 2. The number of nitrogens with two attached hydrogens (primary N) is 1. The quantitative estimate of drug-likeness (QED) is 0.804. The van der Waals surface area contributed by atoms with Crippen LogP contribution in [0, 0.1) is 0 Å². The van der Waals surface area contributed by atoms with Crippen LogP contribution in [0.1, 0.15) is 5.56 Å². The number of aromatic nitrogens is 2. The number of rotatable bonds is 5. The predicted octanol–water partition coefficient (Wildman–Crippen LogP) is 2.06. The van der Waals surface area contributed by atoms with Crippen molar-refractivity contribution in [3.8, 4) is 5.69 Å². The Hall–Kier alpha value is -1.26. The summed E-state index contributed by atoms with van der Waals surface area (Å²) in [5.74, 6) is 1.97. The van der Waals surface area contributed by atoms with Crippen LogP contribution >= 0.6 is 11.8 Å². The minimum Gasteiger partial charge on any atom is -0.330 e. The van der Waals surface area contributed by atoms with E-state index < -0.39 is 0 Å². The third kappa shape index (κ3) is 2.87. The van der Waals surface area contributed by atoms with Crippen molar-refractivity contribution in [1.29, 1.82) is 0 Å². The zero-order valence-corrected chi connectivity index (χ0v) is 9.86. The first-order valence-electron chi connectivity index (χ1n) is 5.27. The van der Waals surface area contributed by atoms with Crippen molar-refractivity contribution in [2.45, 2.75) is 5.75 Å². The number of benzene rings is 1. The maximum absolute atomic E-state index is 5.45. The first-order chi connectivity index (χ1) is 7.90. The van der Waals surface area contributed by atoms with Gasteiger partial charge in [0.15, 0.2) is 0 Å². The van der Waals surface area contributed by atoms with Crippen LogP contribution in [-0.4, -0.2) is 22.1 Å². The lowest BCUT2D eigenvalue weighted by Crippen LogP contribution is -2.01. The topological polar surface area (TPSA) is 43.8 Å². The van der Waals surface area contributed by atoms with Crippen LogP contribution in [-0.2, 0) is 5.75 Å². The average Bonchev–Trinajstić information content (AvgIpc) is 2.79. The highest BCUT2D eigenvalue weighted by molar-refractivity contribution is 7.98. The van der Waals surface area contributed by atoms with Crippen molar-refractivity contribution in [2.24, 2.45) is 5.73 Å². The summed E-state index contributed by atoms with van der Waals surface area (Å²) >= 11 is 1.84. The minimum atomic E-state index is 0.734. The summed E-state index contributed by atoms with van der Waals surface area (Å²) in [7, 11) is 0. The van der Waals surface area contributed by atoms with Gasteiger partial charge in [-0.2, -0.15) is 16.9 Å². The largest absolute Gasteiger partial charge is 0.330 e. The number of thioether (sulfide) groups is 1. The summed E-state index contributed by atoms with van der Waals surface area (Å²) < 4.78 is 1.90. The van der Waals surface area contributed by atoms with Crippen LogP contribution in [0.5, 0.6) is 0 Å². The lowest BCUT2D eigenvalue weighted by molar-refractivity contribution is 0.880. The van der Waals surface area contributed by atoms with Crippen LogP contribution in [0.25, 0.3) is 5.69 Å². The first kappa shape index (κ1) is 11.2. The van der Waals surface area contributed by atoms with Gasteiger partial charge in [-0.1, -0.05) is 18.2 Å². The number of para-hydroxylation sites is 1. The van der Waals surface area contributed by atoms with Gasteiger partial charge in [-0.05, 0) is 12.1 Å². The minimum absolute atomic E-state index is 0.734. The third-order valence-corrected chi connectivity index (χ3v) is 3.25. The van der Waals surface area contributed by atoms with Gasteiger partial charge in [0.25, 0.3) is 0 Å². The number of hydrogen-bond acceptors (Lipinski definition) is 3. The molecular formula is C12H15N3S. The van der Waals surface area contributed by atoms with E-state index >= 15 is 0 Å². The Morgan fingerprint density at radius 2 is 2.06 bits per heavy atom. The monoisotopic (exact) mass is 233 g/mol. The van der Waals surface area contributed by atoms with E-state index in [1.807, 2.05) is 53.0 Å². The molecule has 84 valence electrons. The van der Waals surface area contributed by atoms with Crippen LogP contribution in [0.4, 0.5) is 0 Å². The summed E-state index contributed by atoms with van der Waals surface area (Å²) in [6.45, 7) is 0.734. The maximum Gasteiger partial charge on any atom is 0.0645 e. The Bertz CT molecular complexity index is 425. The molecule has 2 N–H and O–H groups in total. The Morgan fingerprint density at radius 1 is 1.25 bits per heavy atom. The van der Waals surface area contributed by atoms with Gasteiger partial charge in [0.2, 0.25) is 0 Å². The summed E-state index contributed by atoms with van der Waals surface area (Å²) in [5, 5.41) is 4.34. The van der Waals surface area contributed by atoms with E-state index in [0.717, 1.165) is 23.7 Å². The average molecular weight is 233 g/mol. The summed E-state index contributed by atoms with van der Waals surface area (Å²) in [4.78, 5) is 0. The van der Waals surface area contributed by atoms with E-state index in [1.54, 1.807) is 0 Å². The molecule has 1 heterocycles. The molecule has 4 heteroatoms.